The van der Waals surface area contributed by atoms with Crippen LogP contribution in [0.1, 0.15) is 18.2 Å². The molecular formula is C11H14O4. The Kier molecular flexibility index (Phi) is 3.68. The molecule has 0 fully saturated rings. The summed E-state index contributed by atoms with van der Waals surface area (Å²) in [5.41, 5.74) is 0.219. The summed E-state index contributed by atoms with van der Waals surface area (Å²) in [7, 11) is 1.48. The molecule has 0 spiro atoms. The van der Waals surface area contributed by atoms with E-state index in [-0.39, 0.29) is 0 Å². The Morgan fingerprint density at radius 3 is 2.80 bits per heavy atom. The summed E-state index contributed by atoms with van der Waals surface area (Å²) >= 11 is 0. The minimum Gasteiger partial charge on any atom is -0.496 e. The zero-order valence-corrected chi connectivity index (χ0v) is 8.98. The van der Waals surface area contributed by atoms with Crippen molar-refractivity contribution in [2.24, 2.45) is 0 Å². The summed E-state index contributed by atoms with van der Waals surface area (Å²) in [4.78, 5) is 11.0. The average Bonchev–Trinajstić information content (AvgIpc) is 2.14. The number of methoxy groups -OCH3 is 1. The van der Waals surface area contributed by atoms with Crippen LogP contribution in [-0.2, 0) is 0 Å². The number of aliphatic hydroxyl groups excluding tert-OH is 1. The Bertz CT molecular complexity index is 415. The Morgan fingerprint density at radius 1 is 1.60 bits per heavy atom. The van der Waals surface area contributed by atoms with Gasteiger partial charge >= 0.3 is 5.63 Å². The molecule has 0 saturated heterocycles. The fourth-order valence-electron chi connectivity index (χ4n) is 1.20. The first kappa shape index (κ1) is 11.5. The van der Waals surface area contributed by atoms with Crippen molar-refractivity contribution in [3.8, 4) is 5.75 Å². The van der Waals surface area contributed by atoms with Crippen molar-refractivity contribution in [3.05, 3.63) is 33.9 Å². The van der Waals surface area contributed by atoms with Crippen LogP contribution in [0.5, 0.6) is 5.75 Å². The number of rotatable bonds is 3. The van der Waals surface area contributed by atoms with E-state index in [1.54, 1.807) is 26.0 Å². The molecule has 1 aromatic heterocycles. The maximum Gasteiger partial charge on any atom is 0.339 e. The summed E-state index contributed by atoms with van der Waals surface area (Å²) < 4.78 is 9.96. The number of aliphatic hydroxyl groups is 1. The van der Waals surface area contributed by atoms with Gasteiger partial charge in [-0.2, -0.15) is 0 Å². The first-order valence-corrected chi connectivity index (χ1v) is 4.59. The molecule has 4 nitrogen and oxygen atoms in total. The fourth-order valence-corrected chi connectivity index (χ4v) is 1.20. The second kappa shape index (κ2) is 4.79. The molecule has 1 rings (SSSR count). The van der Waals surface area contributed by atoms with Gasteiger partial charge in [-0.15, -0.1) is 0 Å². The molecule has 0 aliphatic rings. The lowest BCUT2D eigenvalue weighted by Crippen LogP contribution is -2.02. The summed E-state index contributed by atoms with van der Waals surface area (Å²) in [5.74, 6) is 0.914. The zero-order valence-electron chi connectivity index (χ0n) is 8.98. The van der Waals surface area contributed by atoms with Gasteiger partial charge in [-0.25, -0.2) is 4.79 Å². The zero-order chi connectivity index (χ0) is 11.4. The number of ether oxygens (including phenoxy) is 1. The van der Waals surface area contributed by atoms with Crippen molar-refractivity contribution in [2.75, 3.05) is 7.11 Å². The van der Waals surface area contributed by atoms with Crippen molar-refractivity contribution in [3.63, 3.8) is 0 Å². The van der Waals surface area contributed by atoms with Crippen LogP contribution in [0.3, 0.4) is 0 Å². The summed E-state index contributed by atoms with van der Waals surface area (Å²) in [6, 6.07) is 1.27. The van der Waals surface area contributed by atoms with Gasteiger partial charge in [-0.3, -0.25) is 0 Å². The number of hydrogen-bond acceptors (Lipinski definition) is 4. The van der Waals surface area contributed by atoms with Crippen molar-refractivity contribution in [2.45, 2.75) is 20.0 Å². The van der Waals surface area contributed by atoms with E-state index >= 15 is 0 Å². The summed E-state index contributed by atoms with van der Waals surface area (Å²) in [5, 5.41) is 9.10. The molecule has 0 radical (unpaired) electrons. The highest BCUT2D eigenvalue weighted by Crippen LogP contribution is 2.21. The third kappa shape index (κ3) is 2.95. The van der Waals surface area contributed by atoms with Crippen molar-refractivity contribution >= 4 is 6.08 Å². The number of hydrogen-bond donors (Lipinski definition) is 1. The van der Waals surface area contributed by atoms with Gasteiger partial charge in [-0.1, -0.05) is 6.08 Å². The van der Waals surface area contributed by atoms with Gasteiger partial charge in [0.1, 0.15) is 11.5 Å². The highest BCUT2D eigenvalue weighted by Gasteiger charge is 2.07. The molecule has 1 N–H and O–H groups in total. The lowest BCUT2D eigenvalue weighted by atomic mass is 10.1. The SMILES string of the molecule is COc1cc(=O)oc(C)c1/C=C/[C@@H](C)O. The largest absolute Gasteiger partial charge is 0.496 e. The summed E-state index contributed by atoms with van der Waals surface area (Å²) in [6.45, 7) is 3.31. The van der Waals surface area contributed by atoms with E-state index in [1.807, 2.05) is 0 Å². The van der Waals surface area contributed by atoms with Crippen LogP contribution < -0.4 is 10.4 Å². The van der Waals surface area contributed by atoms with Crippen LogP contribution in [0.25, 0.3) is 6.08 Å². The van der Waals surface area contributed by atoms with Crippen molar-refractivity contribution in [1.29, 1.82) is 0 Å². The predicted octanol–water partition coefficient (Wildman–Crippen LogP) is 1.35. The Hall–Kier alpha value is -1.55. The molecule has 1 aromatic rings. The van der Waals surface area contributed by atoms with Crippen molar-refractivity contribution in [1.82, 2.24) is 0 Å². The molecule has 0 aromatic carbocycles. The first-order valence-electron chi connectivity index (χ1n) is 4.59. The van der Waals surface area contributed by atoms with E-state index < -0.39 is 11.7 Å². The molecule has 0 aliphatic heterocycles. The van der Waals surface area contributed by atoms with Gasteiger partial charge in [0.15, 0.2) is 0 Å². The molecule has 0 unspecified atom stereocenters. The topological polar surface area (TPSA) is 59.7 Å². The maximum absolute atomic E-state index is 11.0. The van der Waals surface area contributed by atoms with E-state index in [4.69, 9.17) is 14.3 Å². The molecular weight excluding hydrogens is 196 g/mol. The van der Waals surface area contributed by atoms with E-state index in [1.165, 1.54) is 13.2 Å². The third-order valence-electron chi connectivity index (χ3n) is 1.91. The second-order valence-corrected chi connectivity index (χ2v) is 3.20. The van der Waals surface area contributed by atoms with Crippen LogP contribution in [0.2, 0.25) is 0 Å². The third-order valence-corrected chi connectivity index (χ3v) is 1.91. The van der Waals surface area contributed by atoms with E-state index in [2.05, 4.69) is 0 Å². The lowest BCUT2D eigenvalue weighted by Gasteiger charge is -2.06. The molecule has 15 heavy (non-hydrogen) atoms. The van der Waals surface area contributed by atoms with Gasteiger partial charge in [0.25, 0.3) is 0 Å². The van der Waals surface area contributed by atoms with Crippen LogP contribution in [-0.4, -0.2) is 18.3 Å². The lowest BCUT2D eigenvalue weighted by molar-refractivity contribution is 0.245. The maximum atomic E-state index is 11.0. The van der Waals surface area contributed by atoms with E-state index in [0.717, 1.165) is 0 Å². The van der Waals surface area contributed by atoms with Crippen LogP contribution in [0.15, 0.2) is 21.4 Å². The molecule has 0 saturated carbocycles. The Labute approximate surface area is 87.8 Å². The normalized spacial score (nSPS) is 13.1. The molecule has 0 bridgehead atoms. The molecule has 82 valence electrons. The minimum absolute atomic E-state index is 0.445. The van der Waals surface area contributed by atoms with Crippen LogP contribution in [0, 0.1) is 6.92 Å². The fraction of sp³-hybridized carbons (Fsp3) is 0.364. The minimum atomic E-state index is -0.555. The summed E-state index contributed by atoms with van der Waals surface area (Å²) in [6.07, 6.45) is 2.70. The van der Waals surface area contributed by atoms with Gasteiger partial charge in [0.2, 0.25) is 0 Å². The van der Waals surface area contributed by atoms with Crippen LogP contribution >= 0.6 is 0 Å². The predicted molar refractivity (Wildman–Crippen MR) is 57.0 cm³/mol. The quantitative estimate of drug-likeness (QED) is 0.818. The van der Waals surface area contributed by atoms with Gasteiger partial charge in [-0.05, 0) is 19.9 Å². The van der Waals surface area contributed by atoms with Crippen LogP contribution in [0.4, 0.5) is 0 Å². The van der Waals surface area contributed by atoms with Gasteiger partial charge < -0.3 is 14.3 Å². The Morgan fingerprint density at radius 2 is 2.27 bits per heavy atom. The molecule has 1 heterocycles. The monoisotopic (exact) mass is 210 g/mol. The van der Waals surface area contributed by atoms with Gasteiger partial charge in [0, 0.05) is 0 Å². The van der Waals surface area contributed by atoms with Crippen molar-refractivity contribution < 1.29 is 14.3 Å². The first-order chi connectivity index (χ1) is 7.04. The molecule has 1 atom stereocenters. The Balaban J connectivity index is 3.21. The molecule has 4 heteroatoms. The molecule has 0 aliphatic carbocycles. The van der Waals surface area contributed by atoms with E-state index in [9.17, 15) is 4.79 Å². The van der Waals surface area contributed by atoms with Gasteiger partial charge in [0.05, 0.1) is 24.8 Å². The average molecular weight is 210 g/mol. The van der Waals surface area contributed by atoms with E-state index in [0.29, 0.717) is 17.1 Å². The second-order valence-electron chi connectivity index (χ2n) is 3.20. The molecule has 0 amide bonds. The standard InChI is InChI=1S/C11H14O4/c1-7(12)4-5-9-8(2)15-11(13)6-10(9)14-3/h4-7,12H,1-3H3/b5-4+/t7-/m1/s1. The smallest absolute Gasteiger partial charge is 0.339 e. The highest BCUT2D eigenvalue weighted by molar-refractivity contribution is 5.58. The highest BCUT2D eigenvalue weighted by atomic mass is 16.5. The number of aryl methyl sites for hydroxylation is 1.